The van der Waals surface area contributed by atoms with E-state index in [1.54, 1.807) is 45.9 Å². The Balaban J connectivity index is 0.000000225. The lowest BCUT2D eigenvalue weighted by Gasteiger charge is -2.32. The Kier molecular flexibility index (Phi) is 13.0. The van der Waals surface area contributed by atoms with Gasteiger partial charge in [0.2, 0.25) is 0 Å². The molecule has 0 N–H and O–H groups in total. The van der Waals surface area contributed by atoms with Gasteiger partial charge in [-0.3, -0.25) is 0 Å². The predicted octanol–water partition coefficient (Wildman–Crippen LogP) is 9.87. The maximum atomic E-state index is 13.9. The smallest absolute Gasteiger partial charge is 0.399 e. The van der Waals surface area contributed by atoms with Crippen molar-refractivity contribution < 1.29 is 53.2 Å². The minimum absolute atomic E-state index is 0.0187. The first-order chi connectivity index (χ1) is 24.9. The van der Waals surface area contributed by atoms with E-state index in [1.165, 1.54) is 12.1 Å². The second kappa shape index (κ2) is 16.3. The zero-order valence-electron chi connectivity index (χ0n) is 28.1. The van der Waals surface area contributed by atoms with Crippen LogP contribution in [0.1, 0.15) is 61.1 Å². The fourth-order valence-electron chi connectivity index (χ4n) is 4.55. The zero-order chi connectivity index (χ0) is 41.0. The highest BCUT2D eigenvalue weighted by Crippen LogP contribution is 2.38. The van der Waals surface area contributed by atoms with Crippen LogP contribution in [-0.2, 0) is 21.7 Å². The number of alkyl halides is 6. The Morgan fingerprint density at radius 3 is 1.35 bits per heavy atom. The number of benzene rings is 4. The van der Waals surface area contributed by atoms with Crippen LogP contribution in [0.3, 0.4) is 0 Å². The fraction of sp³-hybridized carbons (Fsp3) is 0.222. The summed E-state index contributed by atoms with van der Waals surface area (Å²) in [5, 5.41) is 34.7. The third kappa shape index (κ3) is 9.77. The monoisotopic (exact) mass is 822 g/mol. The van der Waals surface area contributed by atoms with Gasteiger partial charge in [0.25, 0.3) is 0 Å². The first-order valence-corrected chi connectivity index (χ1v) is 15.7. The molecule has 0 atom stereocenters. The van der Waals surface area contributed by atoms with Crippen LogP contribution >= 0.6 is 15.9 Å². The van der Waals surface area contributed by atoms with Gasteiger partial charge in [0.15, 0.2) is 0 Å². The van der Waals surface area contributed by atoms with Crippen LogP contribution < -0.4 is 5.46 Å². The molecule has 4 aromatic carbocycles. The summed E-state index contributed by atoms with van der Waals surface area (Å²) in [4.78, 5) is 0. The SMILES string of the molecule is CC1(C)OB(c2c(F)cc(C#N)cc2F)OC1(C)C.N#Cc1cc(C(F)(F)F)ccc1Br.N#Cc1cc(F)c(-c2ccc(C(F)(F)F)cc2C#N)c(F)c1. The highest BCUT2D eigenvalue weighted by molar-refractivity contribution is 9.10. The molecule has 1 heterocycles. The lowest BCUT2D eigenvalue weighted by Crippen LogP contribution is -2.41. The summed E-state index contributed by atoms with van der Waals surface area (Å²) in [7, 11) is -1.11. The molecule has 1 saturated heterocycles. The van der Waals surface area contributed by atoms with Crippen molar-refractivity contribution in [1.29, 1.82) is 21.0 Å². The number of halogens is 11. The molecule has 0 unspecified atom stereocenters. The van der Waals surface area contributed by atoms with E-state index in [4.69, 9.17) is 30.4 Å². The van der Waals surface area contributed by atoms with Gasteiger partial charge in [-0.2, -0.15) is 47.4 Å². The third-order valence-electron chi connectivity index (χ3n) is 8.02. The minimum atomic E-state index is -4.67. The summed E-state index contributed by atoms with van der Waals surface area (Å²) >= 11 is 2.97. The summed E-state index contributed by atoms with van der Waals surface area (Å²) in [6, 6.07) is 14.8. The molecular weight excluding hydrogens is 801 g/mol. The molecule has 1 fully saturated rings. The lowest BCUT2D eigenvalue weighted by molar-refractivity contribution is -0.138. The Bertz CT molecular complexity index is 2190. The standard InChI is InChI=1S/C15H5F5N2.C13H14BF2NO2.C8H3BrF3N/c16-12-3-8(6-21)4-13(17)14(12)11-2-1-10(15(18,19)20)5-9(11)7-22;1-12(2)13(3,4)19-14(18-12)11-9(15)5-8(7-17)6-10(11)16;9-7-2-1-6(8(10,11)12)3-5(7)4-13/h1-5H;5-6H,1-4H3;1-3H. The van der Waals surface area contributed by atoms with E-state index >= 15 is 0 Å². The molecule has 6 nitrogen and oxygen atoms in total. The highest BCUT2D eigenvalue weighted by Gasteiger charge is 2.53. The van der Waals surface area contributed by atoms with Crippen LogP contribution in [0.5, 0.6) is 0 Å². The van der Waals surface area contributed by atoms with Gasteiger partial charge >= 0.3 is 19.5 Å². The molecule has 0 aliphatic carbocycles. The van der Waals surface area contributed by atoms with E-state index in [1.807, 2.05) is 0 Å². The maximum Gasteiger partial charge on any atom is 0.500 e. The Hall–Kier alpha value is -5.40. The molecule has 0 saturated carbocycles. The van der Waals surface area contributed by atoms with Crippen molar-refractivity contribution in [2.45, 2.75) is 51.2 Å². The molecule has 4 aromatic rings. The second-order valence-electron chi connectivity index (χ2n) is 12.2. The summed E-state index contributed by atoms with van der Waals surface area (Å²) in [6.45, 7) is 7.19. The maximum absolute atomic E-state index is 13.9. The van der Waals surface area contributed by atoms with Crippen LogP contribution in [0.25, 0.3) is 11.1 Å². The van der Waals surface area contributed by atoms with Crippen LogP contribution in [0.15, 0.2) is 65.1 Å². The summed E-state index contributed by atoms with van der Waals surface area (Å²) in [6.07, 6.45) is -9.07. The van der Waals surface area contributed by atoms with E-state index in [0.717, 1.165) is 42.5 Å². The Morgan fingerprint density at radius 2 is 0.963 bits per heavy atom. The first kappa shape index (κ1) is 43.0. The highest BCUT2D eigenvalue weighted by atomic mass is 79.9. The van der Waals surface area contributed by atoms with Crippen molar-refractivity contribution in [1.82, 2.24) is 0 Å². The van der Waals surface area contributed by atoms with E-state index in [9.17, 15) is 43.9 Å². The van der Waals surface area contributed by atoms with Crippen LogP contribution in [-0.4, -0.2) is 18.3 Å². The van der Waals surface area contributed by atoms with Crippen molar-refractivity contribution in [3.8, 4) is 35.4 Å². The topological polar surface area (TPSA) is 114 Å². The Labute approximate surface area is 310 Å². The lowest BCUT2D eigenvalue weighted by atomic mass is 9.78. The van der Waals surface area contributed by atoms with Gasteiger partial charge < -0.3 is 9.31 Å². The number of rotatable bonds is 2. The third-order valence-corrected chi connectivity index (χ3v) is 8.71. The molecule has 0 bridgehead atoms. The van der Waals surface area contributed by atoms with Crippen molar-refractivity contribution in [2.75, 3.05) is 0 Å². The van der Waals surface area contributed by atoms with Crippen LogP contribution in [0, 0.1) is 68.6 Å². The van der Waals surface area contributed by atoms with E-state index in [2.05, 4.69) is 15.9 Å². The van der Waals surface area contributed by atoms with Gasteiger partial charge in [0.1, 0.15) is 29.3 Å². The summed E-state index contributed by atoms with van der Waals surface area (Å²) in [5.74, 6) is -3.94. The normalized spacial score (nSPS) is 14.2. The molecule has 5 rings (SSSR count). The first-order valence-electron chi connectivity index (χ1n) is 14.9. The summed E-state index contributed by atoms with van der Waals surface area (Å²) < 4.78 is 141. The molecule has 0 aromatic heterocycles. The molecule has 1 aliphatic rings. The molecule has 0 spiro atoms. The minimum Gasteiger partial charge on any atom is -0.399 e. The van der Waals surface area contributed by atoms with Crippen molar-refractivity contribution in [3.63, 3.8) is 0 Å². The number of hydrogen-bond acceptors (Lipinski definition) is 6. The van der Waals surface area contributed by atoms with Crippen molar-refractivity contribution in [3.05, 3.63) is 122 Å². The molecule has 0 radical (unpaired) electrons. The Morgan fingerprint density at radius 1 is 0.574 bits per heavy atom. The van der Waals surface area contributed by atoms with Crippen molar-refractivity contribution >= 4 is 28.5 Å². The van der Waals surface area contributed by atoms with E-state index < -0.39 is 76.2 Å². The number of hydrogen-bond donors (Lipinski definition) is 0. The molecule has 1 aliphatic heterocycles. The van der Waals surface area contributed by atoms with Gasteiger partial charge in [-0.1, -0.05) is 6.07 Å². The quantitative estimate of drug-likeness (QED) is 0.147. The van der Waals surface area contributed by atoms with E-state index in [-0.39, 0.29) is 27.7 Å². The number of nitrogens with zero attached hydrogens (tertiary/aromatic N) is 4. The summed E-state index contributed by atoms with van der Waals surface area (Å²) in [5.41, 5.74) is -5.40. The largest absolute Gasteiger partial charge is 0.500 e. The van der Waals surface area contributed by atoms with Crippen LogP contribution in [0.2, 0.25) is 0 Å². The van der Waals surface area contributed by atoms with Gasteiger partial charge in [-0.05, 0) is 98.2 Å². The molecule has 18 heteroatoms. The molecule has 0 amide bonds. The van der Waals surface area contributed by atoms with Crippen LogP contribution in [0.4, 0.5) is 43.9 Å². The van der Waals surface area contributed by atoms with Gasteiger partial charge in [-0.15, -0.1) is 0 Å². The predicted molar refractivity (Wildman–Crippen MR) is 177 cm³/mol. The average Bonchev–Trinajstić information content (AvgIpc) is 3.29. The second-order valence-corrected chi connectivity index (χ2v) is 13.0. The average molecular weight is 823 g/mol. The molecule has 54 heavy (non-hydrogen) atoms. The number of nitriles is 4. The van der Waals surface area contributed by atoms with Gasteiger partial charge in [0.05, 0.1) is 73.8 Å². The zero-order valence-corrected chi connectivity index (χ0v) is 29.7. The van der Waals surface area contributed by atoms with Gasteiger partial charge in [-0.25, -0.2) is 17.6 Å². The van der Waals surface area contributed by atoms with E-state index in [0.29, 0.717) is 16.6 Å². The molecular formula is C36H22BBrF10N4O2. The van der Waals surface area contributed by atoms with Gasteiger partial charge in [0, 0.05) is 10.0 Å². The molecule has 278 valence electrons. The fourth-order valence-corrected chi connectivity index (χ4v) is 4.88. The van der Waals surface area contributed by atoms with Crippen molar-refractivity contribution in [2.24, 2.45) is 0 Å².